The Morgan fingerprint density at radius 3 is 1.39 bits per heavy atom. The number of aliphatic hydroxyl groups is 1. The first-order valence-corrected chi connectivity index (χ1v) is 14.2. The Kier molecular flexibility index (Phi) is 25.1. The van der Waals surface area contributed by atoms with E-state index in [0.717, 1.165) is 6.42 Å². The van der Waals surface area contributed by atoms with Gasteiger partial charge in [0.1, 0.15) is 12.7 Å². The van der Waals surface area contributed by atoms with E-state index in [9.17, 15) is 9.90 Å². The summed E-state index contributed by atoms with van der Waals surface area (Å²) in [6.45, 7) is 8.21. The Bertz CT molecular complexity index is 435. The van der Waals surface area contributed by atoms with Crippen molar-refractivity contribution < 1.29 is 19.4 Å². The predicted molar refractivity (Wildman–Crippen MR) is 141 cm³/mol. The molecule has 196 valence electrons. The average Bonchev–Trinajstić information content (AvgIpc) is 2.80. The molecule has 0 radical (unpaired) electrons. The molecule has 0 aliphatic heterocycles. The summed E-state index contributed by atoms with van der Waals surface area (Å²) in [4.78, 5) is 11.2. The van der Waals surface area contributed by atoms with Gasteiger partial charge in [-0.2, -0.15) is 0 Å². The molecular formula is C29H56O4. The second-order valence-electron chi connectivity index (χ2n) is 9.83. The number of hydrogen-bond acceptors (Lipinski definition) is 4. The van der Waals surface area contributed by atoms with Crippen LogP contribution in [0.5, 0.6) is 0 Å². The zero-order valence-corrected chi connectivity index (χ0v) is 22.2. The van der Waals surface area contributed by atoms with Crippen molar-refractivity contribution in [2.24, 2.45) is 0 Å². The number of unbranched alkanes of at least 4 members (excludes halogenated alkanes) is 19. The quantitative estimate of drug-likeness (QED) is 0.0787. The summed E-state index contributed by atoms with van der Waals surface area (Å²) in [5.74, 6) is -0.469. The molecule has 1 atom stereocenters. The van der Waals surface area contributed by atoms with Gasteiger partial charge in [0.05, 0.1) is 6.61 Å². The van der Waals surface area contributed by atoms with Gasteiger partial charge in [-0.25, -0.2) is 4.79 Å². The fourth-order valence-corrected chi connectivity index (χ4v) is 4.02. The van der Waals surface area contributed by atoms with E-state index in [0.29, 0.717) is 12.2 Å². The first-order valence-electron chi connectivity index (χ1n) is 14.2. The van der Waals surface area contributed by atoms with Crippen LogP contribution < -0.4 is 0 Å². The van der Waals surface area contributed by atoms with Crippen LogP contribution in [0.4, 0.5) is 0 Å². The van der Waals surface area contributed by atoms with Crippen LogP contribution in [0.3, 0.4) is 0 Å². The molecule has 33 heavy (non-hydrogen) atoms. The molecule has 4 nitrogen and oxygen atoms in total. The van der Waals surface area contributed by atoms with Gasteiger partial charge in [0.25, 0.3) is 0 Å². The second kappa shape index (κ2) is 25.7. The third-order valence-corrected chi connectivity index (χ3v) is 6.21. The lowest BCUT2D eigenvalue weighted by atomic mass is 10.0. The summed E-state index contributed by atoms with van der Waals surface area (Å²) >= 11 is 0. The van der Waals surface area contributed by atoms with E-state index < -0.39 is 12.1 Å². The molecule has 0 rings (SSSR count). The van der Waals surface area contributed by atoms with Gasteiger partial charge in [-0.3, -0.25) is 0 Å². The lowest BCUT2D eigenvalue weighted by Crippen LogP contribution is -2.24. The van der Waals surface area contributed by atoms with E-state index in [1.54, 1.807) is 6.92 Å². The molecule has 1 unspecified atom stereocenters. The number of hydrogen-bond donors (Lipinski definition) is 1. The van der Waals surface area contributed by atoms with Crippen molar-refractivity contribution in [2.45, 2.75) is 148 Å². The van der Waals surface area contributed by atoms with Gasteiger partial charge in [0.15, 0.2) is 0 Å². The van der Waals surface area contributed by atoms with E-state index >= 15 is 0 Å². The summed E-state index contributed by atoms with van der Waals surface area (Å²) in [5.41, 5.74) is 0.340. The molecule has 0 fully saturated rings. The molecule has 0 aliphatic rings. The maximum Gasteiger partial charge on any atom is 0.333 e. The molecule has 0 aromatic heterocycles. The molecule has 0 spiro atoms. The third-order valence-electron chi connectivity index (χ3n) is 6.21. The van der Waals surface area contributed by atoms with Gasteiger partial charge in [-0.15, -0.1) is 0 Å². The third kappa shape index (κ3) is 25.6. The number of carbonyl (C=O) groups excluding carboxylic acids is 1. The van der Waals surface area contributed by atoms with Crippen LogP contribution in [0.1, 0.15) is 142 Å². The monoisotopic (exact) mass is 468 g/mol. The number of carbonyl (C=O) groups is 1. The molecule has 0 aromatic rings. The topological polar surface area (TPSA) is 55.8 Å². The van der Waals surface area contributed by atoms with Crippen molar-refractivity contribution >= 4 is 5.97 Å². The highest BCUT2D eigenvalue weighted by Crippen LogP contribution is 2.14. The predicted octanol–water partition coefficient (Wildman–Crippen LogP) is 8.31. The van der Waals surface area contributed by atoms with Gasteiger partial charge in [-0.05, 0) is 13.3 Å². The summed E-state index contributed by atoms with van der Waals surface area (Å²) < 4.78 is 10.4. The number of ether oxygens (including phenoxy) is 2. The van der Waals surface area contributed by atoms with Crippen molar-refractivity contribution in [2.75, 3.05) is 19.8 Å². The maximum atomic E-state index is 11.2. The molecule has 1 N–H and O–H groups in total. The second-order valence-corrected chi connectivity index (χ2v) is 9.83. The minimum Gasteiger partial charge on any atom is -0.460 e. The van der Waals surface area contributed by atoms with Crippen LogP contribution in [-0.2, 0) is 14.3 Å². The molecule has 0 aromatic carbocycles. The fourth-order valence-electron chi connectivity index (χ4n) is 4.02. The van der Waals surface area contributed by atoms with Gasteiger partial charge in [0, 0.05) is 12.2 Å². The molecular weight excluding hydrogens is 412 g/mol. The van der Waals surface area contributed by atoms with Crippen LogP contribution in [0, 0.1) is 0 Å². The zero-order valence-electron chi connectivity index (χ0n) is 22.2. The number of aliphatic hydroxyl groups excluding tert-OH is 1. The van der Waals surface area contributed by atoms with E-state index in [1.165, 1.54) is 122 Å². The Balaban J connectivity index is 3.14. The van der Waals surface area contributed by atoms with Crippen molar-refractivity contribution in [1.82, 2.24) is 0 Å². The minimum atomic E-state index is -0.765. The van der Waals surface area contributed by atoms with Crippen molar-refractivity contribution in [3.05, 3.63) is 12.2 Å². The smallest absolute Gasteiger partial charge is 0.333 e. The van der Waals surface area contributed by atoms with Gasteiger partial charge >= 0.3 is 5.97 Å². The average molecular weight is 469 g/mol. The van der Waals surface area contributed by atoms with Crippen LogP contribution in [0.2, 0.25) is 0 Å². The highest BCUT2D eigenvalue weighted by molar-refractivity contribution is 5.86. The van der Waals surface area contributed by atoms with Crippen molar-refractivity contribution in [3.63, 3.8) is 0 Å². The maximum absolute atomic E-state index is 11.2. The van der Waals surface area contributed by atoms with Gasteiger partial charge < -0.3 is 14.6 Å². The van der Waals surface area contributed by atoms with E-state index in [1.807, 2.05) is 0 Å². The highest BCUT2D eigenvalue weighted by atomic mass is 16.5. The molecule has 0 saturated heterocycles. The Labute approximate surface area is 205 Å². The van der Waals surface area contributed by atoms with Crippen LogP contribution >= 0.6 is 0 Å². The van der Waals surface area contributed by atoms with E-state index in [-0.39, 0.29) is 13.2 Å². The first-order chi connectivity index (χ1) is 16.1. The number of esters is 1. The summed E-state index contributed by atoms with van der Waals surface area (Å²) in [6, 6.07) is 0. The molecule has 0 amide bonds. The van der Waals surface area contributed by atoms with Crippen molar-refractivity contribution in [1.29, 1.82) is 0 Å². The summed E-state index contributed by atoms with van der Waals surface area (Å²) in [6.07, 6.45) is 26.8. The fraction of sp³-hybridized carbons (Fsp3) is 0.897. The zero-order chi connectivity index (χ0) is 24.4. The van der Waals surface area contributed by atoms with Crippen LogP contribution in [-0.4, -0.2) is 37.0 Å². The molecule has 0 bridgehead atoms. The molecule has 4 heteroatoms. The van der Waals surface area contributed by atoms with E-state index in [2.05, 4.69) is 13.5 Å². The van der Waals surface area contributed by atoms with Crippen LogP contribution in [0.25, 0.3) is 0 Å². The minimum absolute atomic E-state index is 0.0368. The molecule has 0 heterocycles. The van der Waals surface area contributed by atoms with Crippen molar-refractivity contribution in [3.8, 4) is 0 Å². The highest BCUT2D eigenvalue weighted by Gasteiger charge is 2.09. The Morgan fingerprint density at radius 2 is 1.03 bits per heavy atom. The summed E-state index contributed by atoms with van der Waals surface area (Å²) in [5, 5.41) is 9.71. The van der Waals surface area contributed by atoms with E-state index in [4.69, 9.17) is 9.47 Å². The molecule has 0 saturated carbocycles. The first kappa shape index (κ1) is 32.1. The lowest BCUT2D eigenvalue weighted by Gasteiger charge is -2.11. The summed E-state index contributed by atoms with van der Waals surface area (Å²) in [7, 11) is 0. The lowest BCUT2D eigenvalue weighted by molar-refractivity contribution is -0.143. The van der Waals surface area contributed by atoms with Gasteiger partial charge in [0.2, 0.25) is 0 Å². The van der Waals surface area contributed by atoms with Gasteiger partial charge in [-0.1, -0.05) is 135 Å². The standard InChI is InChI=1S/C29H56O4/c1-4-5-6-7-8-9-10-11-12-13-14-15-16-17-18-19-20-21-22-23-24-32-25-28(30)26-33-29(31)27(2)3/h28,30H,2,4-26H2,1,3H3. The Morgan fingerprint density at radius 1 is 0.667 bits per heavy atom. The normalized spacial score (nSPS) is 12.1. The SMILES string of the molecule is C=C(C)C(=O)OCC(O)COCCCCCCCCCCCCCCCCCCCCCC. The largest absolute Gasteiger partial charge is 0.460 e. The number of rotatable bonds is 26. The molecule has 0 aliphatic carbocycles. The van der Waals surface area contributed by atoms with Crippen LogP contribution in [0.15, 0.2) is 12.2 Å². The Hall–Kier alpha value is -0.870.